The van der Waals surface area contributed by atoms with E-state index in [4.69, 9.17) is 16.3 Å². The molecule has 0 spiro atoms. The summed E-state index contributed by atoms with van der Waals surface area (Å²) in [6, 6.07) is 3.83. The highest BCUT2D eigenvalue weighted by molar-refractivity contribution is 7.10. The number of nitrogens with one attached hydrogen (secondary N) is 1. The van der Waals surface area contributed by atoms with Gasteiger partial charge in [-0.2, -0.15) is 0 Å². The van der Waals surface area contributed by atoms with E-state index < -0.39 is 24.3 Å². The smallest absolute Gasteiger partial charge is 0.339 e. The lowest BCUT2D eigenvalue weighted by Gasteiger charge is -2.12. The van der Waals surface area contributed by atoms with Crippen LogP contribution in [0.3, 0.4) is 0 Å². The topological polar surface area (TPSA) is 55.4 Å². The highest BCUT2D eigenvalue weighted by Crippen LogP contribution is 2.30. The van der Waals surface area contributed by atoms with Gasteiger partial charge in [-0.15, -0.1) is 11.3 Å². The maximum absolute atomic E-state index is 13.6. The van der Waals surface area contributed by atoms with Crippen LogP contribution in [-0.4, -0.2) is 18.5 Å². The zero-order valence-corrected chi connectivity index (χ0v) is 14.3. The molecule has 1 aromatic heterocycles. The van der Waals surface area contributed by atoms with Crippen LogP contribution in [-0.2, 0) is 22.4 Å². The van der Waals surface area contributed by atoms with Crippen molar-refractivity contribution >= 4 is 40.5 Å². The lowest BCUT2D eigenvalue weighted by molar-refractivity contribution is -0.119. The molecular formula is C17H15ClFNO3S. The number of rotatable bonds is 4. The lowest BCUT2D eigenvalue weighted by atomic mass is 9.96. The van der Waals surface area contributed by atoms with Crippen molar-refractivity contribution in [1.82, 2.24) is 0 Å². The molecule has 0 saturated carbocycles. The molecule has 24 heavy (non-hydrogen) atoms. The Morgan fingerprint density at radius 3 is 2.92 bits per heavy atom. The van der Waals surface area contributed by atoms with Crippen molar-refractivity contribution in [3.63, 3.8) is 0 Å². The van der Waals surface area contributed by atoms with E-state index in [1.807, 2.05) is 0 Å². The Labute approximate surface area is 147 Å². The highest BCUT2D eigenvalue weighted by atomic mass is 35.5. The lowest BCUT2D eigenvalue weighted by Crippen LogP contribution is -2.22. The minimum absolute atomic E-state index is 0.0449. The molecule has 1 aromatic carbocycles. The monoisotopic (exact) mass is 367 g/mol. The molecule has 0 atom stereocenters. The molecule has 0 radical (unpaired) electrons. The van der Waals surface area contributed by atoms with Gasteiger partial charge in [-0.3, -0.25) is 4.79 Å². The van der Waals surface area contributed by atoms with Gasteiger partial charge in [0.2, 0.25) is 0 Å². The number of esters is 1. The van der Waals surface area contributed by atoms with Gasteiger partial charge < -0.3 is 10.1 Å². The first-order valence-electron chi connectivity index (χ1n) is 7.56. The van der Waals surface area contributed by atoms with Crippen molar-refractivity contribution in [2.75, 3.05) is 11.9 Å². The number of benzene rings is 1. The molecule has 0 unspecified atom stereocenters. The summed E-state index contributed by atoms with van der Waals surface area (Å²) in [6.45, 7) is -0.477. The number of amides is 1. The molecule has 2 aromatic rings. The van der Waals surface area contributed by atoms with Gasteiger partial charge in [0.15, 0.2) is 6.61 Å². The van der Waals surface area contributed by atoms with E-state index >= 15 is 0 Å². The van der Waals surface area contributed by atoms with Crippen LogP contribution in [0.2, 0.25) is 5.02 Å². The number of carbonyl (C=O) groups is 2. The third-order valence-corrected chi connectivity index (χ3v) is 5.14. The Kier molecular flexibility index (Phi) is 5.16. The summed E-state index contributed by atoms with van der Waals surface area (Å²) in [7, 11) is 0. The predicted molar refractivity (Wildman–Crippen MR) is 91.3 cm³/mol. The van der Waals surface area contributed by atoms with Crippen LogP contribution in [0.4, 0.5) is 10.1 Å². The number of anilines is 1. The average Bonchev–Trinajstić information content (AvgIpc) is 3.00. The molecule has 0 bridgehead atoms. The zero-order chi connectivity index (χ0) is 17.1. The fraction of sp³-hybridized carbons (Fsp3) is 0.294. The zero-order valence-electron chi connectivity index (χ0n) is 12.7. The van der Waals surface area contributed by atoms with Gasteiger partial charge in [0.25, 0.3) is 5.91 Å². The molecule has 1 N–H and O–H groups in total. The van der Waals surface area contributed by atoms with Gasteiger partial charge in [-0.05, 0) is 49.4 Å². The van der Waals surface area contributed by atoms with Crippen molar-refractivity contribution in [1.29, 1.82) is 0 Å². The largest absolute Gasteiger partial charge is 0.452 e. The molecule has 1 heterocycles. The van der Waals surface area contributed by atoms with E-state index in [0.717, 1.165) is 37.3 Å². The summed E-state index contributed by atoms with van der Waals surface area (Å²) in [6.07, 6.45) is 4.04. The summed E-state index contributed by atoms with van der Waals surface area (Å²) >= 11 is 7.32. The molecule has 0 aliphatic heterocycles. The molecule has 7 heteroatoms. The second-order valence-electron chi connectivity index (χ2n) is 5.51. The summed E-state index contributed by atoms with van der Waals surface area (Å²) in [5.74, 6) is -1.74. The Hall–Kier alpha value is -1.92. The Morgan fingerprint density at radius 2 is 2.08 bits per heavy atom. The van der Waals surface area contributed by atoms with Crippen LogP contribution in [0.15, 0.2) is 23.6 Å². The normalized spacial score (nSPS) is 13.2. The Morgan fingerprint density at radius 1 is 1.29 bits per heavy atom. The predicted octanol–water partition coefficient (Wildman–Crippen LogP) is 4.21. The first-order chi connectivity index (χ1) is 11.5. The van der Waals surface area contributed by atoms with E-state index in [0.29, 0.717) is 10.6 Å². The summed E-state index contributed by atoms with van der Waals surface area (Å²) in [5, 5.41) is 4.43. The fourth-order valence-corrected chi connectivity index (χ4v) is 3.94. The third-order valence-electron chi connectivity index (χ3n) is 3.82. The molecule has 0 saturated heterocycles. The molecular weight excluding hydrogens is 353 g/mol. The van der Waals surface area contributed by atoms with E-state index in [2.05, 4.69) is 5.32 Å². The Bertz CT molecular complexity index is 790. The SMILES string of the molecule is O=C(COC(=O)c1csc2c1CCCC2)Nc1cc(Cl)ccc1F. The number of hydrogen-bond acceptors (Lipinski definition) is 4. The molecule has 126 valence electrons. The number of hydrogen-bond donors (Lipinski definition) is 1. The maximum atomic E-state index is 13.6. The minimum Gasteiger partial charge on any atom is -0.452 e. The van der Waals surface area contributed by atoms with Crippen molar-refractivity contribution in [2.45, 2.75) is 25.7 Å². The number of fused-ring (bicyclic) bond motifs is 1. The van der Waals surface area contributed by atoms with Crippen molar-refractivity contribution < 1.29 is 18.7 Å². The van der Waals surface area contributed by atoms with E-state index in [9.17, 15) is 14.0 Å². The quantitative estimate of drug-likeness (QED) is 0.823. The van der Waals surface area contributed by atoms with Gasteiger partial charge >= 0.3 is 5.97 Å². The van der Waals surface area contributed by atoms with Crippen molar-refractivity contribution in [3.8, 4) is 0 Å². The number of aryl methyl sites for hydroxylation is 1. The van der Waals surface area contributed by atoms with Crippen molar-refractivity contribution in [3.05, 3.63) is 50.4 Å². The van der Waals surface area contributed by atoms with Gasteiger partial charge in [0, 0.05) is 15.3 Å². The van der Waals surface area contributed by atoms with Crippen LogP contribution in [0, 0.1) is 5.82 Å². The average molecular weight is 368 g/mol. The molecule has 3 rings (SSSR count). The second kappa shape index (κ2) is 7.32. The van der Waals surface area contributed by atoms with E-state index in [1.54, 1.807) is 16.7 Å². The van der Waals surface area contributed by atoms with Gasteiger partial charge in [0.1, 0.15) is 5.82 Å². The molecule has 4 nitrogen and oxygen atoms in total. The fourth-order valence-electron chi connectivity index (χ4n) is 2.65. The number of carbonyl (C=O) groups excluding carboxylic acids is 2. The molecule has 1 aliphatic rings. The van der Waals surface area contributed by atoms with Crippen LogP contribution >= 0.6 is 22.9 Å². The van der Waals surface area contributed by atoms with Gasteiger partial charge in [0.05, 0.1) is 11.3 Å². The molecule has 1 aliphatic carbocycles. The summed E-state index contributed by atoms with van der Waals surface area (Å²) in [4.78, 5) is 25.2. The van der Waals surface area contributed by atoms with Gasteiger partial charge in [-0.25, -0.2) is 9.18 Å². The third kappa shape index (κ3) is 3.76. The second-order valence-corrected chi connectivity index (χ2v) is 6.91. The summed E-state index contributed by atoms with van der Waals surface area (Å²) in [5.41, 5.74) is 1.53. The first-order valence-corrected chi connectivity index (χ1v) is 8.81. The van der Waals surface area contributed by atoms with Crippen LogP contribution in [0.5, 0.6) is 0 Å². The molecule has 0 fully saturated rings. The van der Waals surface area contributed by atoms with Crippen molar-refractivity contribution in [2.24, 2.45) is 0 Å². The van der Waals surface area contributed by atoms with E-state index in [-0.39, 0.29) is 5.69 Å². The highest BCUT2D eigenvalue weighted by Gasteiger charge is 2.21. The standard InChI is InChI=1S/C17H15ClFNO3S/c18-10-5-6-13(19)14(7-10)20-16(21)8-23-17(22)12-9-24-15-4-2-1-3-11(12)15/h5-7,9H,1-4,8H2,(H,20,21). The minimum atomic E-state index is -0.617. The maximum Gasteiger partial charge on any atom is 0.339 e. The van der Waals surface area contributed by atoms with Crippen LogP contribution in [0.1, 0.15) is 33.6 Å². The van der Waals surface area contributed by atoms with Crippen LogP contribution < -0.4 is 5.32 Å². The van der Waals surface area contributed by atoms with Gasteiger partial charge in [-0.1, -0.05) is 11.6 Å². The summed E-state index contributed by atoms with van der Waals surface area (Å²) < 4.78 is 18.6. The van der Waals surface area contributed by atoms with E-state index in [1.165, 1.54) is 17.0 Å². The Balaban J connectivity index is 1.59. The number of ether oxygens (including phenoxy) is 1. The van der Waals surface area contributed by atoms with Crippen LogP contribution in [0.25, 0.3) is 0 Å². The number of thiophene rings is 1. The molecule has 1 amide bonds. The first kappa shape index (κ1) is 16.9. The number of halogens is 2.